The van der Waals surface area contributed by atoms with Crippen LogP contribution in [0.25, 0.3) is 21.6 Å². The van der Waals surface area contributed by atoms with Gasteiger partial charge in [0, 0.05) is 44.6 Å². The molecule has 10 heteroatoms. The van der Waals surface area contributed by atoms with E-state index < -0.39 is 0 Å². The molecule has 3 aromatic heterocycles. The summed E-state index contributed by atoms with van der Waals surface area (Å²) in [5.74, 6) is 2.78. The second-order valence-electron chi connectivity index (χ2n) is 7.44. The molecule has 1 aromatic carbocycles. The van der Waals surface area contributed by atoms with E-state index in [4.69, 9.17) is 9.26 Å². The van der Waals surface area contributed by atoms with E-state index in [1.165, 1.54) is 0 Å². The summed E-state index contributed by atoms with van der Waals surface area (Å²) in [4.78, 5) is 31.0. The number of ether oxygens (including phenoxy) is 1. The highest BCUT2D eigenvalue weighted by Crippen LogP contribution is 2.27. The highest BCUT2D eigenvalue weighted by atomic mass is 32.1. The topological polar surface area (TPSA) is 97.5 Å². The zero-order valence-corrected chi connectivity index (χ0v) is 18.4. The zero-order chi connectivity index (χ0) is 21.9. The number of carbonyl (C=O) groups is 1. The van der Waals surface area contributed by atoms with Gasteiger partial charge in [0.05, 0.1) is 12.5 Å². The minimum absolute atomic E-state index is 0.0946. The molecule has 1 aliphatic heterocycles. The van der Waals surface area contributed by atoms with Gasteiger partial charge in [0.1, 0.15) is 22.7 Å². The van der Waals surface area contributed by atoms with Crippen molar-refractivity contribution in [3.8, 4) is 17.1 Å². The van der Waals surface area contributed by atoms with E-state index in [-0.39, 0.29) is 5.91 Å². The van der Waals surface area contributed by atoms with Crippen LogP contribution in [0.3, 0.4) is 0 Å². The van der Waals surface area contributed by atoms with Gasteiger partial charge in [-0.25, -0.2) is 9.97 Å². The number of carbonyl (C=O) groups excluding carboxylic acids is 1. The van der Waals surface area contributed by atoms with Gasteiger partial charge in [-0.1, -0.05) is 5.16 Å². The van der Waals surface area contributed by atoms with Crippen LogP contribution >= 0.6 is 11.3 Å². The maximum atomic E-state index is 12.7. The van der Waals surface area contributed by atoms with Crippen LogP contribution in [0.15, 0.2) is 46.6 Å². The van der Waals surface area contributed by atoms with Crippen LogP contribution in [0.2, 0.25) is 0 Å². The van der Waals surface area contributed by atoms with Crippen LogP contribution in [0, 0.1) is 0 Å². The Morgan fingerprint density at radius 2 is 1.94 bits per heavy atom. The molecule has 0 spiro atoms. The van der Waals surface area contributed by atoms with Gasteiger partial charge in [0.2, 0.25) is 17.6 Å². The fourth-order valence-electron chi connectivity index (χ4n) is 3.78. The molecule has 32 heavy (non-hydrogen) atoms. The molecule has 0 unspecified atom stereocenters. The number of aryl methyl sites for hydroxylation is 1. The summed E-state index contributed by atoms with van der Waals surface area (Å²) < 4.78 is 10.5. The summed E-state index contributed by atoms with van der Waals surface area (Å²) >= 11 is 1.61. The lowest BCUT2D eigenvalue weighted by molar-refractivity contribution is -0.131. The van der Waals surface area contributed by atoms with Crippen LogP contribution in [-0.2, 0) is 11.2 Å². The predicted octanol–water partition coefficient (Wildman–Crippen LogP) is 3.03. The quantitative estimate of drug-likeness (QED) is 0.442. The van der Waals surface area contributed by atoms with Crippen LogP contribution in [0.4, 0.5) is 5.82 Å². The number of hydrogen-bond donors (Lipinski definition) is 0. The molecule has 1 saturated heterocycles. The molecule has 1 aliphatic rings. The molecule has 0 saturated carbocycles. The first kappa shape index (κ1) is 20.4. The van der Waals surface area contributed by atoms with E-state index in [2.05, 4.69) is 31.1 Å². The molecule has 4 aromatic rings. The summed E-state index contributed by atoms with van der Waals surface area (Å²) in [7, 11) is 1.62. The fraction of sp³-hybridized carbons (Fsp3) is 0.318. The maximum Gasteiger partial charge on any atom is 0.227 e. The SMILES string of the molecule is COc1ccc(-c2noc(CCC(=O)N3CCN(c4ncnc5sccc45)CC3)n2)cc1. The Bertz CT molecular complexity index is 1210. The number of fused-ring (bicyclic) bond motifs is 1. The minimum atomic E-state index is 0.0946. The van der Waals surface area contributed by atoms with Gasteiger partial charge in [-0.15, -0.1) is 11.3 Å². The average Bonchev–Trinajstić information content (AvgIpc) is 3.52. The van der Waals surface area contributed by atoms with Crippen LogP contribution in [0.1, 0.15) is 12.3 Å². The molecule has 9 nitrogen and oxygen atoms in total. The second kappa shape index (κ2) is 8.91. The number of nitrogens with zero attached hydrogens (tertiary/aromatic N) is 6. The number of aromatic nitrogens is 4. The number of thiophene rings is 1. The molecule has 0 atom stereocenters. The lowest BCUT2D eigenvalue weighted by Gasteiger charge is -2.35. The standard InChI is InChI=1S/C22H22N6O3S/c1-30-16-4-2-15(3-5-16)20-25-18(31-26-20)6-7-19(29)27-9-11-28(12-10-27)21-17-8-13-32-22(17)24-14-23-21/h2-5,8,13-14H,6-7,9-12H2,1H3. The molecule has 164 valence electrons. The van der Waals surface area contributed by atoms with Crippen molar-refractivity contribution in [2.75, 3.05) is 38.2 Å². The van der Waals surface area contributed by atoms with Crippen molar-refractivity contribution in [2.24, 2.45) is 0 Å². The highest BCUT2D eigenvalue weighted by molar-refractivity contribution is 7.16. The van der Waals surface area contributed by atoms with Crippen molar-refractivity contribution in [1.82, 2.24) is 25.0 Å². The Morgan fingerprint density at radius 1 is 1.12 bits per heavy atom. The molecule has 1 amide bonds. The third-order valence-corrected chi connectivity index (χ3v) is 6.36. The van der Waals surface area contributed by atoms with E-state index >= 15 is 0 Å². The van der Waals surface area contributed by atoms with Crippen molar-refractivity contribution in [3.63, 3.8) is 0 Å². The van der Waals surface area contributed by atoms with Gasteiger partial charge in [-0.3, -0.25) is 4.79 Å². The summed E-state index contributed by atoms with van der Waals surface area (Å²) in [6.07, 6.45) is 2.37. The Kier molecular flexibility index (Phi) is 5.68. The van der Waals surface area contributed by atoms with Crippen LogP contribution in [0.5, 0.6) is 5.75 Å². The normalized spacial score (nSPS) is 14.2. The second-order valence-corrected chi connectivity index (χ2v) is 8.34. The minimum Gasteiger partial charge on any atom is -0.497 e. The van der Waals surface area contributed by atoms with Gasteiger partial charge >= 0.3 is 0 Å². The van der Waals surface area contributed by atoms with Gasteiger partial charge in [-0.05, 0) is 35.7 Å². The summed E-state index contributed by atoms with van der Waals surface area (Å²) in [6, 6.07) is 9.50. The average molecular weight is 451 g/mol. The molecule has 5 rings (SSSR count). The summed E-state index contributed by atoms with van der Waals surface area (Å²) in [5.41, 5.74) is 0.840. The van der Waals surface area contributed by atoms with Crippen LogP contribution < -0.4 is 9.64 Å². The lowest BCUT2D eigenvalue weighted by atomic mass is 10.2. The van der Waals surface area contributed by atoms with Crippen molar-refractivity contribution in [3.05, 3.63) is 47.9 Å². The van der Waals surface area contributed by atoms with Gasteiger partial charge in [0.25, 0.3) is 0 Å². The van der Waals surface area contributed by atoms with Gasteiger partial charge < -0.3 is 19.1 Å². The Labute approximate surface area is 188 Å². The van der Waals surface area contributed by atoms with E-state index in [1.54, 1.807) is 24.8 Å². The van der Waals surface area contributed by atoms with E-state index in [9.17, 15) is 4.79 Å². The molecule has 1 fully saturated rings. The zero-order valence-electron chi connectivity index (χ0n) is 17.6. The Morgan fingerprint density at radius 3 is 2.72 bits per heavy atom. The third kappa shape index (κ3) is 4.13. The number of rotatable bonds is 6. The maximum absolute atomic E-state index is 12.7. The number of methoxy groups -OCH3 is 1. The number of anilines is 1. The largest absolute Gasteiger partial charge is 0.497 e. The fourth-order valence-corrected chi connectivity index (χ4v) is 4.51. The molecule has 0 aliphatic carbocycles. The Balaban J connectivity index is 1.15. The lowest BCUT2D eigenvalue weighted by Crippen LogP contribution is -2.49. The highest BCUT2D eigenvalue weighted by Gasteiger charge is 2.23. The van der Waals surface area contributed by atoms with Gasteiger partial charge in [-0.2, -0.15) is 4.98 Å². The molecule has 4 heterocycles. The Hall–Kier alpha value is -3.53. The number of benzene rings is 1. The number of hydrogen-bond acceptors (Lipinski definition) is 9. The third-order valence-electron chi connectivity index (χ3n) is 5.54. The van der Waals surface area contributed by atoms with E-state index in [1.807, 2.05) is 34.5 Å². The first-order valence-electron chi connectivity index (χ1n) is 10.4. The molecular formula is C22H22N6O3S. The van der Waals surface area contributed by atoms with E-state index in [0.717, 1.165) is 40.4 Å². The van der Waals surface area contributed by atoms with Crippen LogP contribution in [-0.4, -0.2) is 64.2 Å². The van der Waals surface area contributed by atoms with Crippen molar-refractivity contribution in [1.29, 1.82) is 0 Å². The predicted molar refractivity (Wildman–Crippen MR) is 121 cm³/mol. The number of amides is 1. The first-order chi connectivity index (χ1) is 15.7. The smallest absolute Gasteiger partial charge is 0.227 e. The molecule has 0 N–H and O–H groups in total. The molecule has 0 radical (unpaired) electrons. The van der Waals surface area contributed by atoms with Gasteiger partial charge in [0.15, 0.2) is 0 Å². The van der Waals surface area contributed by atoms with Crippen molar-refractivity contribution < 1.29 is 14.1 Å². The monoisotopic (exact) mass is 450 g/mol. The van der Waals surface area contributed by atoms with E-state index in [0.29, 0.717) is 37.6 Å². The molecule has 0 bridgehead atoms. The number of piperazine rings is 1. The summed E-state index contributed by atoms with van der Waals surface area (Å²) in [6.45, 7) is 2.82. The van der Waals surface area contributed by atoms with Crippen molar-refractivity contribution >= 4 is 33.3 Å². The first-order valence-corrected chi connectivity index (χ1v) is 11.3. The summed E-state index contributed by atoms with van der Waals surface area (Å²) in [5, 5.41) is 7.13. The molecular weight excluding hydrogens is 428 g/mol. The van der Waals surface area contributed by atoms with Crippen molar-refractivity contribution in [2.45, 2.75) is 12.8 Å².